The predicted molar refractivity (Wildman–Crippen MR) is 120 cm³/mol. The third-order valence-corrected chi connectivity index (χ3v) is 6.06. The highest BCUT2D eigenvalue weighted by Gasteiger charge is 2.65. The number of carbonyl (C=O) groups excluding carboxylic acids is 4. The van der Waals surface area contributed by atoms with Gasteiger partial charge in [-0.25, -0.2) is 14.4 Å². The van der Waals surface area contributed by atoms with Gasteiger partial charge in [-0.15, -0.1) is 11.8 Å². The number of halogens is 3. The summed E-state index contributed by atoms with van der Waals surface area (Å²) >= 11 is 18.1. The molecule has 2 amide bonds. The normalized spacial score (nSPS) is 22.8. The summed E-state index contributed by atoms with van der Waals surface area (Å²) in [6.45, 7) is 9.69. The van der Waals surface area contributed by atoms with E-state index in [1.165, 1.54) is 16.7 Å². The smallest absolute Gasteiger partial charge is 0.412 e. The quantitative estimate of drug-likeness (QED) is 0.174. The van der Waals surface area contributed by atoms with Gasteiger partial charge in [0.05, 0.1) is 17.6 Å². The summed E-state index contributed by atoms with van der Waals surface area (Å²) in [7, 11) is 0. The molecule has 0 radical (unpaired) electrons. The number of fused-ring (bicyclic) bond motifs is 1. The number of carbonyl (C=O) groups is 4. The molecule has 2 aliphatic rings. The Balaban J connectivity index is 2.34. The maximum absolute atomic E-state index is 13.1. The van der Waals surface area contributed by atoms with Crippen LogP contribution in [0.25, 0.3) is 0 Å². The topological polar surface area (TPSA) is 102 Å². The average molecular weight is 532 g/mol. The SMILES string of the molecule is CCOC(=O)C=C(C(=O)OCC(Cl)(Cl)Cl)N1C(=O)C2C1SC(C)(C)N2C(=O)OC(C)(C)C. The first-order valence-electron chi connectivity index (χ1n) is 9.64. The third-order valence-electron chi connectivity index (χ3n) is 4.25. The van der Waals surface area contributed by atoms with Crippen LogP contribution >= 0.6 is 46.6 Å². The Bertz CT molecular complexity index is 836. The van der Waals surface area contributed by atoms with Gasteiger partial charge in [0.1, 0.15) is 29.3 Å². The molecule has 0 aromatic carbocycles. The van der Waals surface area contributed by atoms with E-state index < -0.39 is 56.2 Å². The average Bonchev–Trinajstić information content (AvgIpc) is 2.85. The standard InChI is InChI=1S/C19H25Cl3N2O7S/c1-7-29-11(25)8-10(15(27)30-9-19(20,21)22)23-13(26)12-14(23)32-18(5,6)24(12)16(28)31-17(2,3)4/h8,12,14H,7,9H2,1-6H3. The van der Waals surface area contributed by atoms with Gasteiger partial charge in [-0.05, 0) is 41.5 Å². The number of alkyl halides is 3. The number of β-lactam (4-membered cyclic amide) rings is 1. The fourth-order valence-electron chi connectivity index (χ4n) is 3.14. The molecule has 2 fully saturated rings. The Morgan fingerprint density at radius 1 is 1.16 bits per heavy atom. The van der Waals surface area contributed by atoms with E-state index in [1.807, 2.05) is 0 Å². The van der Waals surface area contributed by atoms with Gasteiger partial charge in [0, 0.05) is 0 Å². The monoisotopic (exact) mass is 530 g/mol. The number of hydrogen-bond donors (Lipinski definition) is 0. The van der Waals surface area contributed by atoms with Crippen molar-refractivity contribution in [3.05, 3.63) is 11.8 Å². The van der Waals surface area contributed by atoms with Crippen LogP contribution in [0.15, 0.2) is 11.8 Å². The van der Waals surface area contributed by atoms with Crippen LogP contribution in [-0.2, 0) is 28.6 Å². The van der Waals surface area contributed by atoms with E-state index in [0.717, 1.165) is 11.0 Å². The molecule has 0 spiro atoms. The maximum atomic E-state index is 13.1. The van der Waals surface area contributed by atoms with Gasteiger partial charge < -0.3 is 14.2 Å². The molecule has 2 unspecified atom stereocenters. The molecule has 0 aromatic rings. The first kappa shape index (κ1) is 26.9. The molecule has 0 saturated carbocycles. The molecular weight excluding hydrogens is 507 g/mol. The van der Waals surface area contributed by atoms with Crippen LogP contribution in [0.4, 0.5) is 4.79 Å². The first-order valence-corrected chi connectivity index (χ1v) is 11.7. The molecular formula is C19H25Cl3N2O7S. The second kappa shape index (κ2) is 9.48. The Hall–Kier alpha value is -1.36. The van der Waals surface area contributed by atoms with Crippen molar-refractivity contribution in [3.8, 4) is 0 Å². The Morgan fingerprint density at radius 2 is 1.75 bits per heavy atom. The van der Waals surface area contributed by atoms with E-state index in [2.05, 4.69) is 0 Å². The van der Waals surface area contributed by atoms with E-state index in [0.29, 0.717) is 0 Å². The van der Waals surface area contributed by atoms with Crippen LogP contribution in [-0.4, -0.2) is 72.6 Å². The van der Waals surface area contributed by atoms with Crippen molar-refractivity contribution in [3.63, 3.8) is 0 Å². The van der Waals surface area contributed by atoms with Gasteiger partial charge in [-0.1, -0.05) is 34.8 Å². The van der Waals surface area contributed by atoms with Crippen LogP contribution < -0.4 is 0 Å². The summed E-state index contributed by atoms with van der Waals surface area (Å²) in [6, 6.07) is -0.892. The minimum absolute atomic E-state index is 0.0556. The second-order valence-electron chi connectivity index (χ2n) is 8.43. The second-order valence-corrected chi connectivity index (χ2v) is 12.7. The zero-order chi connectivity index (χ0) is 24.6. The van der Waals surface area contributed by atoms with Crippen molar-refractivity contribution in [1.82, 2.24) is 9.80 Å². The molecule has 2 aliphatic heterocycles. The highest BCUT2D eigenvalue weighted by atomic mass is 35.6. The highest BCUT2D eigenvalue weighted by Crippen LogP contribution is 2.52. The summed E-state index contributed by atoms with van der Waals surface area (Å²) in [4.78, 5) is 52.2. The highest BCUT2D eigenvalue weighted by molar-refractivity contribution is 8.01. The predicted octanol–water partition coefficient (Wildman–Crippen LogP) is 3.60. The number of rotatable bonds is 5. The number of amides is 2. The van der Waals surface area contributed by atoms with E-state index in [-0.39, 0.29) is 12.3 Å². The molecule has 180 valence electrons. The molecule has 0 aromatic heterocycles. The molecule has 2 heterocycles. The number of nitrogens with zero attached hydrogens (tertiary/aromatic N) is 2. The van der Waals surface area contributed by atoms with Crippen molar-refractivity contribution in [1.29, 1.82) is 0 Å². The van der Waals surface area contributed by atoms with Crippen LogP contribution in [0.3, 0.4) is 0 Å². The Kier molecular flexibility index (Phi) is 7.97. The maximum Gasteiger partial charge on any atom is 0.412 e. The fourth-order valence-corrected chi connectivity index (χ4v) is 4.88. The minimum atomic E-state index is -1.89. The van der Waals surface area contributed by atoms with Gasteiger partial charge in [-0.3, -0.25) is 14.6 Å². The fraction of sp³-hybridized carbons (Fsp3) is 0.684. The lowest BCUT2D eigenvalue weighted by Gasteiger charge is -2.45. The van der Waals surface area contributed by atoms with Gasteiger partial charge in [-0.2, -0.15) is 0 Å². The van der Waals surface area contributed by atoms with Gasteiger partial charge in [0.2, 0.25) is 3.79 Å². The van der Waals surface area contributed by atoms with Gasteiger partial charge in [0.15, 0.2) is 0 Å². The van der Waals surface area contributed by atoms with Crippen molar-refractivity contribution >= 4 is 70.5 Å². The molecule has 9 nitrogen and oxygen atoms in total. The number of hydrogen-bond acceptors (Lipinski definition) is 8. The van der Waals surface area contributed by atoms with E-state index in [1.54, 1.807) is 41.5 Å². The molecule has 2 rings (SSSR count). The number of thioether (sulfide) groups is 1. The van der Waals surface area contributed by atoms with E-state index >= 15 is 0 Å². The Morgan fingerprint density at radius 3 is 2.25 bits per heavy atom. The van der Waals surface area contributed by atoms with Gasteiger partial charge >= 0.3 is 18.0 Å². The van der Waals surface area contributed by atoms with E-state index in [9.17, 15) is 19.2 Å². The molecule has 0 aliphatic carbocycles. The number of ether oxygens (including phenoxy) is 3. The van der Waals surface area contributed by atoms with E-state index in [4.69, 9.17) is 49.0 Å². The van der Waals surface area contributed by atoms with Crippen molar-refractivity contribution in [2.24, 2.45) is 0 Å². The summed E-state index contributed by atoms with van der Waals surface area (Å²) in [5.74, 6) is -2.48. The lowest BCUT2D eigenvalue weighted by atomic mass is 10.0. The largest absolute Gasteiger partial charge is 0.463 e. The molecule has 32 heavy (non-hydrogen) atoms. The molecule has 2 saturated heterocycles. The summed E-state index contributed by atoms with van der Waals surface area (Å²) in [5, 5.41) is -0.661. The van der Waals surface area contributed by atoms with Crippen molar-refractivity contribution in [2.45, 2.75) is 67.2 Å². The van der Waals surface area contributed by atoms with Crippen LogP contribution in [0.1, 0.15) is 41.5 Å². The first-order chi connectivity index (χ1) is 14.5. The van der Waals surface area contributed by atoms with Crippen LogP contribution in [0.2, 0.25) is 0 Å². The lowest BCUT2D eigenvalue weighted by Crippen LogP contribution is -2.67. The summed E-state index contributed by atoms with van der Waals surface area (Å²) in [5.41, 5.74) is -1.14. The number of esters is 2. The minimum Gasteiger partial charge on any atom is -0.463 e. The molecule has 0 bridgehead atoms. The lowest BCUT2D eigenvalue weighted by molar-refractivity contribution is -0.155. The van der Waals surface area contributed by atoms with Crippen LogP contribution in [0.5, 0.6) is 0 Å². The zero-order valence-electron chi connectivity index (χ0n) is 18.4. The van der Waals surface area contributed by atoms with Crippen molar-refractivity contribution in [2.75, 3.05) is 13.2 Å². The molecule has 13 heteroatoms. The van der Waals surface area contributed by atoms with Crippen LogP contribution in [0, 0.1) is 0 Å². The summed E-state index contributed by atoms with van der Waals surface area (Å²) < 4.78 is 13.4. The summed E-state index contributed by atoms with van der Waals surface area (Å²) in [6.07, 6.45) is 0.187. The molecule has 0 N–H and O–H groups in total. The van der Waals surface area contributed by atoms with Gasteiger partial charge in [0.25, 0.3) is 5.91 Å². The zero-order valence-corrected chi connectivity index (χ0v) is 21.5. The molecule has 2 atom stereocenters. The Labute approximate surface area is 205 Å². The third kappa shape index (κ3) is 6.15. The van der Waals surface area contributed by atoms with Crippen molar-refractivity contribution < 1.29 is 33.4 Å². The number of likely N-dealkylation sites (tertiary alicyclic amines) is 1.